The van der Waals surface area contributed by atoms with Gasteiger partial charge in [0.25, 0.3) is 0 Å². The summed E-state index contributed by atoms with van der Waals surface area (Å²) in [7, 11) is 0. The first kappa shape index (κ1) is 15.1. The van der Waals surface area contributed by atoms with Crippen molar-refractivity contribution in [3.8, 4) is 20.2 Å². The number of hydrogen-bond acceptors (Lipinski definition) is 3. The van der Waals surface area contributed by atoms with Crippen LogP contribution in [0.25, 0.3) is 40.4 Å². The Morgan fingerprint density at radius 1 is 0.667 bits per heavy atom. The SMILES string of the molecule is Ic1c(-c2c(-c3cccs3)sc3ccccc23)sc2ccccc12. The lowest BCUT2D eigenvalue weighted by Crippen LogP contribution is -1.77. The van der Waals surface area contributed by atoms with Crippen LogP contribution in [0.4, 0.5) is 0 Å². The number of hydrogen-bond donors (Lipinski definition) is 0. The maximum absolute atomic E-state index is 2.52. The van der Waals surface area contributed by atoms with E-state index in [-0.39, 0.29) is 0 Å². The molecule has 3 heterocycles. The predicted molar refractivity (Wildman–Crippen MR) is 119 cm³/mol. The van der Waals surface area contributed by atoms with Crippen LogP contribution in [0.2, 0.25) is 0 Å². The predicted octanol–water partition coefficient (Wildman–Crippen LogP) is 8.12. The molecule has 5 aromatic rings. The summed E-state index contributed by atoms with van der Waals surface area (Å²) in [5.41, 5.74) is 1.41. The molecule has 0 unspecified atom stereocenters. The van der Waals surface area contributed by atoms with Gasteiger partial charge in [-0.1, -0.05) is 42.5 Å². The van der Waals surface area contributed by atoms with Crippen LogP contribution in [0, 0.1) is 3.57 Å². The van der Waals surface area contributed by atoms with Crippen LogP contribution in [0.1, 0.15) is 0 Å². The normalized spacial score (nSPS) is 11.5. The highest BCUT2D eigenvalue weighted by Gasteiger charge is 2.21. The first-order valence-corrected chi connectivity index (χ1v) is 11.1. The highest BCUT2D eigenvalue weighted by molar-refractivity contribution is 14.1. The number of benzene rings is 2. The van der Waals surface area contributed by atoms with Crippen LogP contribution in [-0.4, -0.2) is 0 Å². The van der Waals surface area contributed by atoms with Crippen molar-refractivity contribution >= 4 is 76.8 Å². The Hall–Kier alpha value is -1.21. The molecule has 0 nitrogen and oxygen atoms in total. The summed E-state index contributed by atoms with van der Waals surface area (Å²) in [6.07, 6.45) is 0. The minimum atomic E-state index is 1.36. The molecule has 0 aliphatic heterocycles. The highest BCUT2D eigenvalue weighted by atomic mass is 127. The standard InChI is InChI=1S/C20H11IS3/c21-18-13-7-2-4-9-15(13)24-20(18)17-12-6-1-3-8-14(12)23-19(17)16-10-5-11-22-16/h1-11H. The fraction of sp³-hybridized carbons (Fsp3) is 0. The van der Waals surface area contributed by atoms with Crippen molar-refractivity contribution in [3.63, 3.8) is 0 Å². The van der Waals surface area contributed by atoms with Crippen LogP contribution in [0.3, 0.4) is 0 Å². The number of thiophene rings is 3. The van der Waals surface area contributed by atoms with Gasteiger partial charge in [0.15, 0.2) is 0 Å². The third kappa shape index (κ3) is 2.28. The molecule has 0 spiro atoms. The second-order valence-corrected chi connectivity index (χ2v) is 9.65. The minimum Gasteiger partial charge on any atom is -0.143 e. The lowest BCUT2D eigenvalue weighted by Gasteiger charge is -2.02. The smallest absolute Gasteiger partial charge is 0.0542 e. The van der Waals surface area contributed by atoms with E-state index in [0.29, 0.717) is 0 Å². The zero-order valence-corrected chi connectivity index (χ0v) is 17.1. The zero-order chi connectivity index (χ0) is 16.1. The van der Waals surface area contributed by atoms with E-state index in [9.17, 15) is 0 Å². The van der Waals surface area contributed by atoms with Crippen LogP contribution >= 0.6 is 56.6 Å². The molecule has 0 atom stereocenters. The van der Waals surface area contributed by atoms with E-state index in [1.807, 2.05) is 34.0 Å². The van der Waals surface area contributed by atoms with Crippen LogP contribution in [-0.2, 0) is 0 Å². The summed E-state index contributed by atoms with van der Waals surface area (Å²) in [4.78, 5) is 4.16. The molecule has 0 saturated heterocycles. The topological polar surface area (TPSA) is 0 Å². The van der Waals surface area contributed by atoms with Crippen molar-refractivity contribution in [3.05, 3.63) is 69.6 Å². The molecule has 0 bridgehead atoms. The average Bonchev–Trinajstić information content (AvgIpc) is 3.32. The molecule has 0 aliphatic rings. The Kier molecular flexibility index (Phi) is 3.74. The quantitative estimate of drug-likeness (QED) is 0.227. The fourth-order valence-electron chi connectivity index (χ4n) is 3.03. The molecule has 3 aromatic heterocycles. The van der Waals surface area contributed by atoms with Gasteiger partial charge in [0, 0.05) is 34.2 Å². The van der Waals surface area contributed by atoms with Crippen LogP contribution < -0.4 is 0 Å². The second-order valence-electron chi connectivity index (χ2n) is 5.52. The van der Waals surface area contributed by atoms with Gasteiger partial charge in [0.2, 0.25) is 0 Å². The Labute approximate surface area is 165 Å². The summed E-state index contributed by atoms with van der Waals surface area (Å²) in [5.74, 6) is 0. The molecular weight excluding hydrogens is 463 g/mol. The van der Waals surface area contributed by atoms with E-state index >= 15 is 0 Å². The molecule has 2 aromatic carbocycles. The van der Waals surface area contributed by atoms with Crippen LogP contribution in [0.5, 0.6) is 0 Å². The van der Waals surface area contributed by atoms with Gasteiger partial charge >= 0.3 is 0 Å². The lowest BCUT2D eigenvalue weighted by atomic mass is 10.1. The molecular formula is C20H11IS3. The zero-order valence-electron chi connectivity index (χ0n) is 12.5. The van der Waals surface area contributed by atoms with Crippen molar-refractivity contribution < 1.29 is 0 Å². The molecule has 4 heteroatoms. The third-order valence-corrected chi connectivity index (χ3v) is 9.00. The summed E-state index contributed by atoms with van der Waals surface area (Å²) in [5, 5.41) is 4.90. The van der Waals surface area contributed by atoms with Crippen molar-refractivity contribution in [1.82, 2.24) is 0 Å². The summed E-state index contributed by atoms with van der Waals surface area (Å²) < 4.78 is 4.10. The van der Waals surface area contributed by atoms with Crippen molar-refractivity contribution in [2.45, 2.75) is 0 Å². The summed E-state index contributed by atoms with van der Waals surface area (Å²) in [6.45, 7) is 0. The average molecular weight is 474 g/mol. The Bertz CT molecular complexity index is 1160. The summed E-state index contributed by atoms with van der Waals surface area (Å²) in [6, 6.07) is 21.9. The summed E-state index contributed by atoms with van der Waals surface area (Å²) >= 11 is 8.17. The van der Waals surface area contributed by atoms with E-state index in [4.69, 9.17) is 0 Å². The van der Waals surface area contributed by atoms with Crippen molar-refractivity contribution in [2.75, 3.05) is 0 Å². The fourth-order valence-corrected chi connectivity index (χ4v) is 7.57. The van der Waals surface area contributed by atoms with Crippen molar-refractivity contribution in [1.29, 1.82) is 0 Å². The molecule has 5 rings (SSSR count). The van der Waals surface area contributed by atoms with Gasteiger partial charge in [-0.05, 0) is 46.2 Å². The van der Waals surface area contributed by atoms with E-state index in [0.717, 1.165) is 0 Å². The molecule has 0 saturated carbocycles. The minimum absolute atomic E-state index is 1.36. The largest absolute Gasteiger partial charge is 0.143 e. The van der Waals surface area contributed by atoms with Gasteiger partial charge in [-0.15, -0.1) is 34.0 Å². The Morgan fingerprint density at radius 3 is 2.04 bits per heavy atom. The molecule has 24 heavy (non-hydrogen) atoms. The Morgan fingerprint density at radius 2 is 1.33 bits per heavy atom. The molecule has 116 valence electrons. The van der Waals surface area contributed by atoms with Gasteiger partial charge < -0.3 is 0 Å². The number of rotatable bonds is 2. The van der Waals surface area contributed by atoms with Gasteiger partial charge in [-0.25, -0.2) is 0 Å². The van der Waals surface area contributed by atoms with Gasteiger partial charge in [-0.3, -0.25) is 0 Å². The maximum atomic E-state index is 2.52. The van der Waals surface area contributed by atoms with Crippen LogP contribution in [0.15, 0.2) is 66.0 Å². The third-order valence-electron chi connectivity index (χ3n) is 4.10. The second kappa shape index (κ2) is 5.95. The van der Waals surface area contributed by atoms with Crippen molar-refractivity contribution in [2.24, 2.45) is 0 Å². The molecule has 0 amide bonds. The number of fused-ring (bicyclic) bond motifs is 2. The first-order chi connectivity index (χ1) is 11.8. The van der Waals surface area contributed by atoms with Gasteiger partial charge in [0.05, 0.1) is 9.75 Å². The number of halogens is 1. The van der Waals surface area contributed by atoms with E-state index in [2.05, 4.69) is 88.6 Å². The maximum Gasteiger partial charge on any atom is 0.0542 e. The first-order valence-electron chi connectivity index (χ1n) is 7.56. The van der Waals surface area contributed by atoms with Gasteiger partial charge in [-0.2, -0.15) is 0 Å². The van der Waals surface area contributed by atoms with E-state index in [1.165, 1.54) is 43.9 Å². The molecule has 0 fully saturated rings. The van der Waals surface area contributed by atoms with E-state index in [1.54, 1.807) is 0 Å². The molecule has 0 aliphatic carbocycles. The molecule has 0 N–H and O–H groups in total. The highest BCUT2D eigenvalue weighted by Crippen LogP contribution is 2.50. The van der Waals surface area contributed by atoms with Gasteiger partial charge in [0.1, 0.15) is 0 Å². The van der Waals surface area contributed by atoms with E-state index < -0.39 is 0 Å². The molecule has 0 radical (unpaired) electrons. The Balaban J connectivity index is 1.91. The lowest BCUT2D eigenvalue weighted by molar-refractivity contribution is 1.80. The monoisotopic (exact) mass is 474 g/mol.